The van der Waals surface area contributed by atoms with Gasteiger partial charge >= 0.3 is 0 Å². The summed E-state index contributed by atoms with van der Waals surface area (Å²) in [5, 5.41) is 22.5. The topological polar surface area (TPSA) is 108 Å². The zero-order valence-corrected chi connectivity index (χ0v) is 17.2. The van der Waals surface area contributed by atoms with Gasteiger partial charge in [0.05, 0.1) is 35.2 Å². The van der Waals surface area contributed by atoms with Crippen LogP contribution in [0, 0.1) is 12.3 Å². The van der Waals surface area contributed by atoms with Crippen LogP contribution in [-0.4, -0.2) is 38.9 Å². The molecule has 1 amide bonds. The van der Waals surface area contributed by atoms with Crippen molar-refractivity contribution < 1.29 is 9.18 Å². The summed E-state index contributed by atoms with van der Waals surface area (Å²) in [6.07, 6.45) is 11.3. The first kappa shape index (κ1) is 20.6. The Hall–Kier alpha value is -3.62. The molecular formula is C22H24FN7O. The van der Waals surface area contributed by atoms with E-state index in [1.165, 1.54) is 12.3 Å². The second kappa shape index (κ2) is 8.63. The number of benzene rings is 1. The molecule has 1 aromatic carbocycles. The number of halogens is 1. The molecule has 2 aliphatic rings. The maximum Gasteiger partial charge on any atom is 0.253 e. The molecule has 0 aliphatic heterocycles. The second-order valence-corrected chi connectivity index (χ2v) is 7.97. The van der Waals surface area contributed by atoms with E-state index in [4.69, 9.17) is 5.41 Å². The minimum atomic E-state index is -0.365. The number of hydrogen-bond donors (Lipinski definition) is 3. The fourth-order valence-corrected chi connectivity index (χ4v) is 3.55. The molecule has 160 valence electrons. The van der Waals surface area contributed by atoms with E-state index < -0.39 is 0 Å². The Morgan fingerprint density at radius 1 is 1.45 bits per heavy atom. The molecule has 2 aliphatic carbocycles. The van der Waals surface area contributed by atoms with E-state index in [0.717, 1.165) is 30.3 Å². The first-order chi connectivity index (χ1) is 15.0. The molecule has 1 saturated carbocycles. The van der Waals surface area contributed by atoms with Crippen molar-refractivity contribution in [2.75, 3.05) is 5.43 Å². The number of rotatable bonds is 8. The third kappa shape index (κ3) is 4.93. The molecule has 31 heavy (non-hydrogen) atoms. The van der Waals surface area contributed by atoms with Crippen LogP contribution in [-0.2, 0) is 6.54 Å². The Morgan fingerprint density at radius 3 is 3.00 bits per heavy atom. The summed E-state index contributed by atoms with van der Waals surface area (Å²) in [5.41, 5.74) is 5.27. The Labute approximate surface area is 179 Å². The molecule has 2 aromatic rings. The standard InChI is InChI=1S/C22H24FN7O/c1-15-2-7-19(27-25-11-10-24)18(12-15)21(31)26-22(8-9-22)14-30-13-20(28-29-30)16-3-5-17(23)6-4-16/h2-3,5-7,10-13,16,24,27H,4,8-9,14H2,1H3,(H,26,31). The highest BCUT2D eigenvalue weighted by atomic mass is 19.1. The zero-order valence-electron chi connectivity index (χ0n) is 17.2. The van der Waals surface area contributed by atoms with Crippen LogP contribution >= 0.6 is 0 Å². The lowest BCUT2D eigenvalue weighted by Gasteiger charge is -2.18. The molecule has 3 N–H and O–H groups in total. The van der Waals surface area contributed by atoms with Gasteiger partial charge in [0.1, 0.15) is 5.83 Å². The van der Waals surface area contributed by atoms with Crippen LogP contribution in [0.4, 0.5) is 10.1 Å². The number of aromatic nitrogens is 3. The van der Waals surface area contributed by atoms with Crippen molar-refractivity contribution >= 4 is 24.0 Å². The van der Waals surface area contributed by atoms with E-state index in [0.29, 0.717) is 24.2 Å². The number of carbonyl (C=O) groups is 1. The lowest BCUT2D eigenvalue weighted by Crippen LogP contribution is -2.40. The quantitative estimate of drug-likeness (QED) is 0.448. The summed E-state index contributed by atoms with van der Waals surface area (Å²) in [5.74, 6) is -0.401. The van der Waals surface area contributed by atoms with Crippen LogP contribution in [0.1, 0.15) is 46.8 Å². The van der Waals surface area contributed by atoms with Gasteiger partial charge in [0, 0.05) is 18.3 Å². The molecule has 1 fully saturated rings. The minimum absolute atomic E-state index is 0.0143. The maximum atomic E-state index is 13.2. The number of amides is 1. The van der Waals surface area contributed by atoms with Gasteiger partial charge in [-0.1, -0.05) is 22.9 Å². The monoisotopic (exact) mass is 421 g/mol. The van der Waals surface area contributed by atoms with Crippen molar-refractivity contribution in [2.45, 2.75) is 44.2 Å². The normalized spacial score (nSPS) is 19.2. The average molecular weight is 421 g/mol. The summed E-state index contributed by atoms with van der Waals surface area (Å²) in [6.45, 7) is 2.44. The Balaban J connectivity index is 1.44. The summed E-state index contributed by atoms with van der Waals surface area (Å²) in [6, 6.07) is 5.50. The van der Waals surface area contributed by atoms with Crippen molar-refractivity contribution in [2.24, 2.45) is 5.10 Å². The van der Waals surface area contributed by atoms with Gasteiger partial charge in [0.2, 0.25) is 0 Å². The van der Waals surface area contributed by atoms with E-state index >= 15 is 0 Å². The highest BCUT2D eigenvalue weighted by molar-refractivity contribution is 6.14. The number of nitrogens with zero attached hydrogens (tertiary/aromatic N) is 4. The van der Waals surface area contributed by atoms with Gasteiger partial charge in [-0.2, -0.15) is 5.10 Å². The van der Waals surface area contributed by atoms with E-state index in [-0.39, 0.29) is 23.2 Å². The smallest absolute Gasteiger partial charge is 0.253 e. The van der Waals surface area contributed by atoms with Crippen molar-refractivity contribution in [3.63, 3.8) is 0 Å². The average Bonchev–Trinajstić information content (AvgIpc) is 3.34. The Kier molecular flexibility index (Phi) is 5.75. The molecule has 8 nitrogen and oxygen atoms in total. The lowest BCUT2D eigenvalue weighted by atomic mass is 9.98. The van der Waals surface area contributed by atoms with E-state index in [2.05, 4.69) is 26.2 Å². The number of aryl methyl sites for hydroxylation is 1. The van der Waals surface area contributed by atoms with Crippen LogP contribution in [0.15, 0.2) is 53.6 Å². The molecule has 0 bridgehead atoms. The number of anilines is 1. The SMILES string of the molecule is Cc1ccc(NN=CC=N)c(C(=O)NC2(Cn3cc(C4C=CC(F)=CC4)nn3)CC2)c1. The predicted octanol–water partition coefficient (Wildman–Crippen LogP) is 3.49. The molecule has 9 heteroatoms. The molecule has 1 atom stereocenters. The molecule has 1 aromatic heterocycles. The zero-order chi connectivity index (χ0) is 21.8. The summed E-state index contributed by atoms with van der Waals surface area (Å²) in [7, 11) is 0. The third-order valence-electron chi connectivity index (χ3n) is 5.44. The molecule has 1 heterocycles. The third-order valence-corrected chi connectivity index (χ3v) is 5.44. The van der Waals surface area contributed by atoms with Crippen LogP contribution in [0.25, 0.3) is 0 Å². The second-order valence-electron chi connectivity index (χ2n) is 7.97. The first-order valence-electron chi connectivity index (χ1n) is 10.1. The van der Waals surface area contributed by atoms with Crippen LogP contribution in [0.3, 0.4) is 0 Å². The van der Waals surface area contributed by atoms with Gasteiger partial charge in [-0.15, -0.1) is 5.10 Å². The largest absolute Gasteiger partial charge is 0.345 e. The minimum Gasteiger partial charge on any atom is -0.345 e. The number of nitrogens with one attached hydrogen (secondary N) is 3. The first-order valence-corrected chi connectivity index (χ1v) is 10.1. The summed E-state index contributed by atoms with van der Waals surface area (Å²) < 4.78 is 14.9. The predicted molar refractivity (Wildman–Crippen MR) is 117 cm³/mol. The summed E-state index contributed by atoms with van der Waals surface area (Å²) >= 11 is 0. The van der Waals surface area contributed by atoms with Gasteiger partial charge in [0.15, 0.2) is 0 Å². The molecule has 0 radical (unpaired) electrons. The maximum absolute atomic E-state index is 13.2. The van der Waals surface area contributed by atoms with Gasteiger partial charge < -0.3 is 10.7 Å². The van der Waals surface area contributed by atoms with Gasteiger partial charge in [-0.05, 0) is 50.5 Å². The number of allylic oxidation sites excluding steroid dienone is 4. The van der Waals surface area contributed by atoms with Crippen LogP contribution in [0.2, 0.25) is 0 Å². The summed E-state index contributed by atoms with van der Waals surface area (Å²) in [4.78, 5) is 13.0. The van der Waals surface area contributed by atoms with Crippen molar-refractivity contribution in [1.82, 2.24) is 20.3 Å². The fraction of sp³-hybridized carbons (Fsp3) is 0.318. The molecule has 1 unspecified atom stereocenters. The highest BCUT2D eigenvalue weighted by Crippen LogP contribution is 2.38. The van der Waals surface area contributed by atoms with Gasteiger partial charge in [-0.3, -0.25) is 10.2 Å². The van der Waals surface area contributed by atoms with Gasteiger partial charge in [0.25, 0.3) is 5.91 Å². The van der Waals surface area contributed by atoms with Crippen molar-refractivity contribution in [3.8, 4) is 0 Å². The number of hydrogen-bond acceptors (Lipinski definition) is 6. The fourth-order valence-electron chi connectivity index (χ4n) is 3.55. The number of hydrazone groups is 1. The Bertz CT molecular complexity index is 1080. The van der Waals surface area contributed by atoms with Crippen LogP contribution < -0.4 is 10.7 Å². The van der Waals surface area contributed by atoms with Crippen molar-refractivity contribution in [1.29, 1.82) is 5.41 Å². The molecule has 0 spiro atoms. The molecular weight excluding hydrogens is 397 g/mol. The van der Waals surface area contributed by atoms with E-state index in [1.54, 1.807) is 22.9 Å². The van der Waals surface area contributed by atoms with Crippen LogP contribution in [0.5, 0.6) is 0 Å². The molecule has 0 saturated heterocycles. The molecule has 4 rings (SSSR count). The Morgan fingerprint density at radius 2 is 2.29 bits per heavy atom. The number of carbonyl (C=O) groups excluding carboxylic acids is 1. The van der Waals surface area contributed by atoms with E-state index in [9.17, 15) is 9.18 Å². The van der Waals surface area contributed by atoms with Crippen molar-refractivity contribution in [3.05, 3.63) is 65.3 Å². The van der Waals surface area contributed by atoms with E-state index in [1.807, 2.05) is 25.3 Å². The highest BCUT2D eigenvalue weighted by Gasteiger charge is 2.45. The lowest BCUT2D eigenvalue weighted by molar-refractivity contribution is 0.0926. The van der Waals surface area contributed by atoms with Gasteiger partial charge in [-0.25, -0.2) is 9.07 Å².